The number of imidazole rings is 1. The average molecular weight is 975 g/mol. The topological polar surface area (TPSA) is 432 Å². The number of aliphatic hydroxyl groups excluding tert-OH is 2. The molecule has 0 unspecified atom stereocenters. The first-order valence-corrected chi connectivity index (χ1v) is 21.6. The molecule has 27 nitrogen and oxygen atoms in total. The lowest BCUT2D eigenvalue weighted by atomic mass is 10.0. The highest BCUT2D eigenvalue weighted by Crippen LogP contribution is 2.08. The van der Waals surface area contributed by atoms with E-state index in [9.17, 15) is 68.1 Å². The Hall–Kier alpha value is -7.52. The van der Waals surface area contributed by atoms with Crippen molar-refractivity contribution in [2.24, 2.45) is 11.7 Å². The Morgan fingerprint density at radius 1 is 0.638 bits per heavy atom. The maximum Gasteiger partial charge on any atom is 0.326 e. The summed E-state index contributed by atoms with van der Waals surface area (Å²) in [5, 5.41) is 59.4. The van der Waals surface area contributed by atoms with Crippen molar-refractivity contribution >= 4 is 65.1 Å². The Labute approximate surface area is 395 Å². The van der Waals surface area contributed by atoms with Crippen LogP contribution < -0.4 is 53.6 Å². The minimum absolute atomic E-state index is 0.0714. The van der Waals surface area contributed by atoms with E-state index in [4.69, 9.17) is 10.8 Å². The fourth-order valence-corrected chi connectivity index (χ4v) is 6.12. The number of hydrogen-bond acceptors (Lipinski definition) is 15. The summed E-state index contributed by atoms with van der Waals surface area (Å²) in [6.45, 7) is 3.23. The molecule has 0 aliphatic heterocycles. The van der Waals surface area contributed by atoms with E-state index < -0.39 is 153 Å². The van der Waals surface area contributed by atoms with E-state index in [-0.39, 0.29) is 30.9 Å². The lowest BCUT2D eigenvalue weighted by molar-refractivity contribution is -0.142. The summed E-state index contributed by atoms with van der Waals surface area (Å²) in [6.07, 6.45) is -0.458. The van der Waals surface area contributed by atoms with Crippen LogP contribution in [-0.4, -0.2) is 170 Å². The molecule has 2 aromatic rings. The monoisotopic (exact) mass is 974 g/mol. The SMILES string of the molecule is CC(C)C[C@H](NC(=O)CNC(=O)[C@@H](N)CO)C(=O)NCC(=O)NCC(=O)N[C@@H](CCC(=O)O)C(=O)N[C@@H](Cc1cnc[nH]1)C(=O)N[C@H](C(=O)N[C@@H](C)C(=O)N[C@@H](Cc1ccccc1)C(=O)O)[C@@H](C)O. The van der Waals surface area contributed by atoms with Crippen molar-refractivity contribution in [1.29, 1.82) is 0 Å². The summed E-state index contributed by atoms with van der Waals surface area (Å²) < 4.78 is 0. The van der Waals surface area contributed by atoms with Gasteiger partial charge in [0.2, 0.25) is 53.2 Å². The Bertz CT molecular complexity index is 2090. The largest absolute Gasteiger partial charge is 0.481 e. The van der Waals surface area contributed by atoms with E-state index >= 15 is 0 Å². The van der Waals surface area contributed by atoms with Gasteiger partial charge >= 0.3 is 11.9 Å². The Kier molecular flexibility index (Phi) is 24.4. The van der Waals surface area contributed by atoms with Gasteiger partial charge in [-0.1, -0.05) is 44.2 Å². The fourth-order valence-electron chi connectivity index (χ4n) is 6.12. The highest BCUT2D eigenvalue weighted by atomic mass is 16.4. The van der Waals surface area contributed by atoms with E-state index in [1.54, 1.807) is 44.2 Å². The molecule has 69 heavy (non-hydrogen) atoms. The summed E-state index contributed by atoms with van der Waals surface area (Å²) in [6, 6.07) is -1.66. The molecule has 1 heterocycles. The van der Waals surface area contributed by atoms with E-state index in [2.05, 4.69) is 57.8 Å². The fraction of sp³-hybridized carbons (Fsp3) is 0.524. The van der Waals surface area contributed by atoms with Crippen LogP contribution >= 0.6 is 0 Å². The molecule has 0 radical (unpaired) electrons. The highest BCUT2D eigenvalue weighted by molar-refractivity contribution is 5.97. The number of benzene rings is 1. The maximum atomic E-state index is 13.8. The van der Waals surface area contributed by atoms with Crippen molar-refractivity contribution in [2.45, 2.75) is 108 Å². The number of nitrogens with one attached hydrogen (secondary N) is 10. The number of hydrogen-bond donors (Lipinski definition) is 15. The molecule has 9 amide bonds. The molecule has 0 aliphatic rings. The maximum absolute atomic E-state index is 13.8. The summed E-state index contributed by atoms with van der Waals surface area (Å²) >= 11 is 0. The molecular weight excluding hydrogens is 913 g/mol. The standard InChI is InChI=1S/C42H62N12O15/c1-21(2)12-28(51-33(59)18-46-37(63)26(43)19-55)38(64)47-16-31(57)45-17-32(58)50-27(10-11-34(60)61)39(65)52-29(14-25-15-44-20-48-25)40(66)54-35(23(4)56)41(67)49-22(3)36(62)53-30(42(68)69)13-24-8-6-5-7-9-24/h5-9,15,20-23,26-30,35,55-56H,10-14,16-19,43H2,1-4H3,(H,44,48)(H,45,57)(H,46,63)(H,47,64)(H,49,67)(H,50,58)(H,51,59)(H,52,65)(H,53,62)(H,54,66)(H,60,61)(H,68,69)/t22-,23+,26-,27-,28-,29-,30-,35-/m0/s1. The number of carbonyl (C=O) groups is 11. The molecule has 8 atom stereocenters. The first-order valence-electron chi connectivity index (χ1n) is 21.6. The third-order valence-corrected chi connectivity index (χ3v) is 9.81. The molecule has 1 aromatic heterocycles. The summed E-state index contributed by atoms with van der Waals surface area (Å²) in [5.41, 5.74) is 6.30. The molecule has 0 fully saturated rings. The van der Waals surface area contributed by atoms with Crippen LogP contribution in [0.3, 0.4) is 0 Å². The van der Waals surface area contributed by atoms with Crippen molar-refractivity contribution in [2.75, 3.05) is 26.2 Å². The van der Waals surface area contributed by atoms with Gasteiger partial charge in [0.25, 0.3) is 0 Å². The first-order chi connectivity index (χ1) is 32.5. The third-order valence-electron chi connectivity index (χ3n) is 9.81. The van der Waals surface area contributed by atoms with Crippen LogP contribution in [-0.2, 0) is 65.6 Å². The van der Waals surface area contributed by atoms with Crippen molar-refractivity contribution in [3.63, 3.8) is 0 Å². The normalized spacial score (nSPS) is 14.4. The number of amides is 9. The second kappa shape index (κ2) is 29.3. The number of nitrogens with two attached hydrogens (primary N) is 1. The zero-order valence-electron chi connectivity index (χ0n) is 38.4. The van der Waals surface area contributed by atoms with Crippen molar-refractivity contribution < 1.29 is 73.2 Å². The number of rotatable bonds is 30. The number of aromatic amines is 1. The molecule has 1 aromatic carbocycles. The Morgan fingerprint density at radius 2 is 1.22 bits per heavy atom. The van der Waals surface area contributed by atoms with E-state index in [0.717, 1.165) is 6.92 Å². The van der Waals surface area contributed by atoms with E-state index in [1.807, 2.05) is 0 Å². The smallest absolute Gasteiger partial charge is 0.326 e. The van der Waals surface area contributed by atoms with Gasteiger partial charge in [-0.25, -0.2) is 9.78 Å². The van der Waals surface area contributed by atoms with Crippen LogP contribution in [0.25, 0.3) is 0 Å². The molecule has 0 spiro atoms. The molecule has 0 bridgehead atoms. The van der Waals surface area contributed by atoms with Crippen molar-refractivity contribution in [1.82, 2.24) is 57.8 Å². The van der Waals surface area contributed by atoms with Gasteiger partial charge in [-0.15, -0.1) is 0 Å². The zero-order valence-corrected chi connectivity index (χ0v) is 38.4. The number of aliphatic carboxylic acids is 2. The number of H-pyrrole nitrogens is 1. The summed E-state index contributed by atoms with van der Waals surface area (Å²) in [5.74, 6) is -11.2. The van der Waals surface area contributed by atoms with Crippen molar-refractivity contribution in [3.8, 4) is 0 Å². The number of aromatic nitrogens is 2. The molecule has 16 N–H and O–H groups in total. The summed E-state index contributed by atoms with van der Waals surface area (Å²) in [7, 11) is 0. The van der Waals surface area contributed by atoms with Crippen LogP contribution in [0.2, 0.25) is 0 Å². The number of carboxylic acid groups (broad SMARTS) is 2. The minimum atomic E-state index is -1.75. The van der Waals surface area contributed by atoms with Gasteiger partial charge in [0.05, 0.1) is 38.7 Å². The predicted octanol–water partition coefficient (Wildman–Crippen LogP) is -5.83. The van der Waals surface area contributed by atoms with Crippen LogP contribution in [0.5, 0.6) is 0 Å². The number of nitrogens with zero attached hydrogens (tertiary/aromatic N) is 1. The Balaban J connectivity index is 2.11. The molecule has 0 saturated carbocycles. The molecule has 2 rings (SSSR count). The van der Waals surface area contributed by atoms with Crippen LogP contribution in [0.4, 0.5) is 0 Å². The highest BCUT2D eigenvalue weighted by Gasteiger charge is 2.34. The lowest BCUT2D eigenvalue weighted by Gasteiger charge is -2.27. The van der Waals surface area contributed by atoms with E-state index in [1.165, 1.54) is 19.4 Å². The molecule has 0 saturated heterocycles. The zero-order chi connectivity index (χ0) is 51.8. The van der Waals surface area contributed by atoms with Gasteiger partial charge in [-0.05, 0) is 38.2 Å². The van der Waals surface area contributed by atoms with Crippen LogP contribution in [0.1, 0.15) is 58.2 Å². The average Bonchev–Trinajstić information content (AvgIpc) is 3.81. The lowest BCUT2D eigenvalue weighted by Crippen LogP contribution is -2.61. The summed E-state index contributed by atoms with van der Waals surface area (Å²) in [4.78, 5) is 147. The first kappa shape index (κ1) is 57.6. The number of carboxylic acids is 2. The predicted molar refractivity (Wildman–Crippen MR) is 239 cm³/mol. The van der Waals surface area contributed by atoms with Gasteiger partial charge in [-0.2, -0.15) is 0 Å². The van der Waals surface area contributed by atoms with Crippen molar-refractivity contribution in [3.05, 3.63) is 54.1 Å². The van der Waals surface area contributed by atoms with Gasteiger partial charge in [0.15, 0.2) is 0 Å². The molecular formula is C42H62N12O15. The van der Waals surface area contributed by atoms with Gasteiger partial charge in [-0.3, -0.25) is 47.9 Å². The molecule has 27 heteroatoms. The van der Waals surface area contributed by atoms with Crippen LogP contribution in [0.15, 0.2) is 42.9 Å². The Morgan fingerprint density at radius 3 is 1.78 bits per heavy atom. The number of aliphatic hydroxyl groups is 2. The molecule has 0 aliphatic carbocycles. The second-order valence-electron chi connectivity index (χ2n) is 16.2. The van der Waals surface area contributed by atoms with Crippen LogP contribution in [0, 0.1) is 5.92 Å². The third kappa shape index (κ3) is 21.8. The quantitative estimate of drug-likeness (QED) is 0.0347. The van der Waals surface area contributed by atoms with E-state index in [0.29, 0.717) is 5.56 Å². The van der Waals surface area contributed by atoms with Gasteiger partial charge in [0.1, 0.15) is 42.3 Å². The number of carbonyl (C=O) groups excluding carboxylic acids is 9. The molecule has 380 valence electrons. The van der Waals surface area contributed by atoms with Gasteiger partial charge in [0, 0.05) is 31.2 Å². The second-order valence-corrected chi connectivity index (χ2v) is 16.2. The minimum Gasteiger partial charge on any atom is -0.481 e. The van der Waals surface area contributed by atoms with Gasteiger partial charge < -0.3 is 79.0 Å².